The van der Waals surface area contributed by atoms with E-state index in [9.17, 15) is 0 Å². The number of thioether (sulfide) groups is 1. The average Bonchev–Trinajstić information content (AvgIpc) is 3.00. The molecule has 3 aromatic rings. The molecule has 3 rings (SSSR count). The normalized spacial score (nSPS) is 11.3. The van der Waals surface area contributed by atoms with Crippen LogP contribution >= 0.6 is 11.8 Å². The Kier molecular flexibility index (Phi) is 5.53. The fourth-order valence-electron chi connectivity index (χ4n) is 2.93. The van der Waals surface area contributed by atoms with Crippen LogP contribution in [-0.2, 0) is 13.0 Å². The van der Waals surface area contributed by atoms with Gasteiger partial charge in [0.1, 0.15) is 11.3 Å². The Hall–Kier alpha value is -2.15. The SMILES string of the molecule is CCc1nc2c([NH])nc(C)c(C)c2n1CCCCSc1ncccn1. The number of unbranched alkanes of at least 4 members (excludes halogenated alkanes) is 1. The van der Waals surface area contributed by atoms with Crippen LogP contribution in [0.5, 0.6) is 0 Å². The van der Waals surface area contributed by atoms with Gasteiger partial charge in [-0.25, -0.2) is 19.9 Å². The van der Waals surface area contributed by atoms with Crippen molar-refractivity contribution in [1.82, 2.24) is 30.2 Å². The van der Waals surface area contributed by atoms with E-state index in [1.807, 2.05) is 13.0 Å². The van der Waals surface area contributed by atoms with Crippen molar-refractivity contribution in [3.8, 4) is 0 Å². The summed E-state index contributed by atoms with van der Waals surface area (Å²) in [6.45, 7) is 7.07. The van der Waals surface area contributed by atoms with Gasteiger partial charge in [-0.05, 0) is 38.3 Å². The summed E-state index contributed by atoms with van der Waals surface area (Å²) in [5, 5.41) is 0.834. The van der Waals surface area contributed by atoms with Gasteiger partial charge < -0.3 is 4.57 Å². The Bertz CT molecular complexity index is 859. The first-order chi connectivity index (χ1) is 12.1. The second-order valence-corrected chi connectivity index (χ2v) is 7.05. The van der Waals surface area contributed by atoms with Gasteiger partial charge in [-0.1, -0.05) is 18.7 Å². The van der Waals surface area contributed by atoms with Crippen molar-refractivity contribution in [2.45, 2.75) is 51.7 Å². The largest absolute Gasteiger partial charge is 0.328 e. The minimum Gasteiger partial charge on any atom is -0.328 e. The van der Waals surface area contributed by atoms with Gasteiger partial charge in [0.2, 0.25) is 0 Å². The van der Waals surface area contributed by atoms with Crippen LogP contribution in [0.2, 0.25) is 0 Å². The maximum atomic E-state index is 8.12. The van der Waals surface area contributed by atoms with Crippen LogP contribution in [-0.4, -0.2) is 30.3 Å². The molecule has 0 saturated heterocycles. The van der Waals surface area contributed by atoms with Crippen LogP contribution in [0.25, 0.3) is 11.0 Å². The van der Waals surface area contributed by atoms with E-state index in [1.165, 1.54) is 0 Å². The van der Waals surface area contributed by atoms with Crippen molar-refractivity contribution in [2.75, 3.05) is 5.75 Å². The molecule has 0 aromatic carbocycles. The van der Waals surface area contributed by atoms with Crippen molar-refractivity contribution in [2.24, 2.45) is 0 Å². The summed E-state index contributed by atoms with van der Waals surface area (Å²) in [5.41, 5.74) is 12.0. The van der Waals surface area contributed by atoms with Crippen LogP contribution in [0.3, 0.4) is 0 Å². The zero-order chi connectivity index (χ0) is 17.8. The van der Waals surface area contributed by atoms with E-state index in [1.54, 1.807) is 24.2 Å². The van der Waals surface area contributed by atoms with E-state index in [2.05, 4.69) is 38.4 Å². The second-order valence-electron chi connectivity index (χ2n) is 5.99. The molecule has 0 spiro atoms. The molecule has 0 aliphatic heterocycles. The number of aromatic nitrogens is 5. The fourth-order valence-corrected chi connectivity index (χ4v) is 3.73. The Balaban J connectivity index is 1.70. The molecule has 0 unspecified atom stereocenters. The highest BCUT2D eigenvalue weighted by Gasteiger charge is 2.16. The highest BCUT2D eigenvalue weighted by molar-refractivity contribution is 7.99. The Morgan fingerprint density at radius 1 is 1.12 bits per heavy atom. The summed E-state index contributed by atoms with van der Waals surface area (Å²) in [4.78, 5) is 17.4. The zero-order valence-corrected chi connectivity index (χ0v) is 15.7. The first kappa shape index (κ1) is 17.7. The van der Waals surface area contributed by atoms with Gasteiger partial charge in [0.05, 0.1) is 5.52 Å². The lowest BCUT2D eigenvalue weighted by atomic mass is 10.2. The number of hydrogen-bond donors (Lipinski definition) is 0. The minimum atomic E-state index is 0.281. The molecule has 1 radical (unpaired) electrons. The third kappa shape index (κ3) is 3.76. The van der Waals surface area contributed by atoms with Gasteiger partial charge in [0.15, 0.2) is 11.0 Å². The molecule has 131 valence electrons. The number of hydrogen-bond acceptors (Lipinski definition) is 5. The molecular weight excluding hydrogens is 332 g/mol. The van der Waals surface area contributed by atoms with E-state index in [0.29, 0.717) is 0 Å². The Labute approximate surface area is 152 Å². The van der Waals surface area contributed by atoms with Crippen molar-refractivity contribution >= 4 is 28.6 Å². The molecule has 0 atom stereocenters. The van der Waals surface area contributed by atoms with Gasteiger partial charge in [-0.3, -0.25) is 5.73 Å². The van der Waals surface area contributed by atoms with E-state index in [0.717, 1.165) is 64.8 Å². The van der Waals surface area contributed by atoms with Gasteiger partial charge in [0, 0.05) is 36.8 Å². The van der Waals surface area contributed by atoms with Gasteiger partial charge in [0.25, 0.3) is 0 Å². The number of nitrogens with zero attached hydrogens (tertiary/aromatic N) is 5. The summed E-state index contributed by atoms with van der Waals surface area (Å²) in [7, 11) is 0. The maximum absolute atomic E-state index is 8.12. The summed E-state index contributed by atoms with van der Waals surface area (Å²) in [6, 6.07) is 1.83. The fraction of sp³-hybridized carbons (Fsp3) is 0.444. The lowest BCUT2D eigenvalue weighted by Crippen LogP contribution is -2.05. The van der Waals surface area contributed by atoms with Gasteiger partial charge in [-0.2, -0.15) is 0 Å². The minimum absolute atomic E-state index is 0.281. The molecule has 3 heterocycles. The third-order valence-electron chi connectivity index (χ3n) is 4.31. The Morgan fingerprint density at radius 3 is 2.60 bits per heavy atom. The summed E-state index contributed by atoms with van der Waals surface area (Å²) in [6.07, 6.45) is 6.56. The standard InChI is InChI=1S/C18H23N6S/c1-4-14-23-15-16(12(2)13(3)22-17(15)19)24(14)10-5-6-11-25-18-20-8-7-9-21-18/h7-9,19H,4-6,10-11H2,1-3H3. The average molecular weight is 355 g/mol. The molecule has 0 saturated carbocycles. The molecule has 0 aliphatic carbocycles. The van der Waals surface area contributed by atoms with Crippen molar-refractivity contribution in [3.63, 3.8) is 0 Å². The highest BCUT2D eigenvalue weighted by Crippen LogP contribution is 2.27. The van der Waals surface area contributed by atoms with E-state index >= 15 is 0 Å². The summed E-state index contributed by atoms with van der Waals surface area (Å²) < 4.78 is 2.28. The van der Waals surface area contributed by atoms with E-state index < -0.39 is 0 Å². The molecule has 7 heteroatoms. The summed E-state index contributed by atoms with van der Waals surface area (Å²) in [5.74, 6) is 2.32. The van der Waals surface area contributed by atoms with E-state index in [4.69, 9.17) is 5.73 Å². The molecule has 0 fully saturated rings. The molecule has 0 amide bonds. The maximum Gasteiger partial charge on any atom is 0.187 e. The number of nitrogens with one attached hydrogen (secondary N) is 1. The predicted molar refractivity (Wildman–Crippen MR) is 101 cm³/mol. The highest BCUT2D eigenvalue weighted by atomic mass is 32.2. The van der Waals surface area contributed by atoms with E-state index in [-0.39, 0.29) is 5.82 Å². The zero-order valence-electron chi connectivity index (χ0n) is 14.9. The topological polar surface area (TPSA) is 80.3 Å². The quantitative estimate of drug-likeness (QED) is 0.365. The third-order valence-corrected chi connectivity index (χ3v) is 5.28. The molecule has 1 N–H and O–H groups in total. The van der Waals surface area contributed by atoms with Crippen LogP contribution in [0.4, 0.5) is 5.82 Å². The predicted octanol–water partition coefficient (Wildman–Crippen LogP) is 3.89. The number of imidazole rings is 1. The number of aryl methyl sites for hydroxylation is 4. The summed E-state index contributed by atoms with van der Waals surface area (Å²) >= 11 is 1.69. The molecule has 0 aliphatic rings. The first-order valence-corrected chi connectivity index (χ1v) is 9.58. The molecule has 0 bridgehead atoms. The molecule has 25 heavy (non-hydrogen) atoms. The second kappa shape index (κ2) is 7.82. The van der Waals surface area contributed by atoms with Crippen LogP contribution in [0.1, 0.15) is 36.8 Å². The monoisotopic (exact) mass is 355 g/mol. The van der Waals surface area contributed by atoms with Gasteiger partial charge >= 0.3 is 0 Å². The number of rotatable bonds is 7. The van der Waals surface area contributed by atoms with Crippen LogP contribution in [0.15, 0.2) is 23.6 Å². The first-order valence-electron chi connectivity index (χ1n) is 8.59. The van der Waals surface area contributed by atoms with Crippen LogP contribution in [0, 0.1) is 13.8 Å². The number of fused-ring (bicyclic) bond motifs is 1. The van der Waals surface area contributed by atoms with Crippen molar-refractivity contribution < 1.29 is 0 Å². The Morgan fingerprint density at radius 2 is 1.88 bits per heavy atom. The van der Waals surface area contributed by atoms with Crippen LogP contribution < -0.4 is 5.73 Å². The van der Waals surface area contributed by atoms with Crippen molar-refractivity contribution in [1.29, 1.82) is 0 Å². The lowest BCUT2D eigenvalue weighted by Gasteiger charge is -2.11. The lowest BCUT2D eigenvalue weighted by molar-refractivity contribution is 0.621. The number of pyridine rings is 1. The molecule has 6 nitrogen and oxygen atoms in total. The smallest absolute Gasteiger partial charge is 0.187 e. The van der Waals surface area contributed by atoms with Crippen molar-refractivity contribution in [3.05, 3.63) is 35.5 Å². The molecule has 3 aromatic heterocycles. The molecular formula is C18H23N6S. The van der Waals surface area contributed by atoms with Gasteiger partial charge in [-0.15, -0.1) is 0 Å².